The average Bonchev–Trinajstić information content (AvgIpc) is 2.89. The molecule has 4 nitrogen and oxygen atoms in total. The lowest BCUT2D eigenvalue weighted by atomic mass is 10.1. The first-order chi connectivity index (χ1) is 16.3. The Morgan fingerprint density at radius 2 is 1.27 bits per heavy atom. The van der Waals surface area contributed by atoms with Gasteiger partial charge in [0, 0.05) is 6.42 Å². The maximum atomic E-state index is 13.7. The second-order valence-electron chi connectivity index (χ2n) is 7.98. The number of nitriles is 1. The van der Waals surface area contributed by atoms with E-state index in [1.165, 1.54) is 0 Å². The molecule has 0 bridgehead atoms. The minimum absolute atomic E-state index is 0.0989. The minimum Gasteiger partial charge on any atom is -0.353 e. The van der Waals surface area contributed by atoms with Gasteiger partial charge in [-0.2, -0.15) is 5.26 Å². The van der Waals surface area contributed by atoms with E-state index in [-0.39, 0.29) is 12.1 Å². The fraction of sp³-hybridized carbons (Fsp3) is 0.250. The average molecular weight is 458 g/mol. The number of rotatable bonds is 8. The van der Waals surface area contributed by atoms with Crippen LogP contribution in [0.3, 0.4) is 0 Å². The van der Waals surface area contributed by atoms with Crippen LogP contribution in [0.1, 0.15) is 25.7 Å². The van der Waals surface area contributed by atoms with E-state index in [4.69, 9.17) is 9.47 Å². The SMILES string of the molecule is N#CC(C(=O)CCCC1OCCCO1)=P(c1ccccc1)(c1ccccc1)c1ccccc1. The van der Waals surface area contributed by atoms with Crippen molar-refractivity contribution in [1.29, 1.82) is 5.26 Å². The van der Waals surface area contributed by atoms with Crippen LogP contribution in [0.5, 0.6) is 0 Å². The molecule has 0 radical (unpaired) electrons. The number of nitrogens with zero attached hydrogens (tertiary/aromatic N) is 1. The number of carbonyl (C=O) groups is 1. The first-order valence-corrected chi connectivity index (χ1v) is 13.2. The summed E-state index contributed by atoms with van der Waals surface area (Å²) in [6.45, 7) is -1.26. The molecule has 4 rings (SSSR count). The third kappa shape index (κ3) is 5.02. The summed E-state index contributed by atoms with van der Waals surface area (Å²) in [4.78, 5) is 13.7. The highest BCUT2D eigenvalue weighted by atomic mass is 31.2. The van der Waals surface area contributed by atoms with Gasteiger partial charge >= 0.3 is 0 Å². The zero-order chi connectivity index (χ0) is 22.9. The number of ether oxygens (including phenoxy) is 2. The van der Waals surface area contributed by atoms with Crippen LogP contribution in [0.25, 0.3) is 0 Å². The molecule has 0 aliphatic carbocycles. The van der Waals surface area contributed by atoms with E-state index in [2.05, 4.69) is 6.07 Å². The van der Waals surface area contributed by atoms with Crippen LogP contribution in [0.15, 0.2) is 91.0 Å². The Morgan fingerprint density at radius 3 is 1.70 bits per heavy atom. The van der Waals surface area contributed by atoms with E-state index < -0.39 is 6.89 Å². The lowest BCUT2D eigenvalue weighted by molar-refractivity contribution is -0.181. The van der Waals surface area contributed by atoms with Crippen LogP contribution in [-0.4, -0.2) is 30.6 Å². The second kappa shape index (κ2) is 11.3. The van der Waals surface area contributed by atoms with E-state index in [1.807, 2.05) is 91.0 Å². The van der Waals surface area contributed by atoms with Crippen molar-refractivity contribution in [2.45, 2.75) is 32.0 Å². The summed E-state index contributed by atoms with van der Waals surface area (Å²) >= 11 is 0. The quantitative estimate of drug-likeness (QED) is 0.476. The van der Waals surface area contributed by atoms with Crippen LogP contribution in [-0.2, 0) is 14.3 Å². The molecule has 0 atom stereocenters. The molecule has 0 amide bonds. The number of hydrogen-bond acceptors (Lipinski definition) is 4. The van der Waals surface area contributed by atoms with Crippen molar-refractivity contribution in [3.63, 3.8) is 0 Å². The third-order valence-corrected chi connectivity index (χ3v) is 10.1. The lowest BCUT2D eigenvalue weighted by Gasteiger charge is -2.30. The van der Waals surface area contributed by atoms with Gasteiger partial charge in [0.1, 0.15) is 11.4 Å². The van der Waals surface area contributed by atoms with Crippen LogP contribution in [0.4, 0.5) is 0 Å². The van der Waals surface area contributed by atoms with Gasteiger partial charge in [0.25, 0.3) is 0 Å². The van der Waals surface area contributed by atoms with Crippen LogP contribution in [0, 0.1) is 11.3 Å². The molecule has 0 spiro atoms. The fourth-order valence-corrected chi connectivity index (χ4v) is 8.53. The van der Waals surface area contributed by atoms with E-state index in [9.17, 15) is 10.1 Å². The molecule has 5 heteroatoms. The zero-order valence-electron chi connectivity index (χ0n) is 18.6. The topological polar surface area (TPSA) is 59.3 Å². The highest BCUT2D eigenvalue weighted by Gasteiger charge is 2.33. The number of benzene rings is 3. The molecular formula is C28H28NO3P. The summed E-state index contributed by atoms with van der Waals surface area (Å²) in [6.07, 6.45) is 2.21. The highest BCUT2D eigenvalue weighted by Crippen LogP contribution is 2.46. The number of carbonyl (C=O) groups excluding carboxylic acids is 1. The summed E-state index contributed by atoms with van der Waals surface area (Å²) in [6, 6.07) is 32.4. The van der Waals surface area contributed by atoms with Gasteiger partial charge in [0.2, 0.25) is 0 Å². The van der Waals surface area contributed by atoms with Crippen molar-refractivity contribution >= 4 is 33.9 Å². The van der Waals surface area contributed by atoms with Gasteiger partial charge in [-0.05, 0) is 42.1 Å². The van der Waals surface area contributed by atoms with Crippen molar-refractivity contribution in [2.75, 3.05) is 13.2 Å². The van der Waals surface area contributed by atoms with Crippen molar-refractivity contribution in [1.82, 2.24) is 0 Å². The van der Waals surface area contributed by atoms with Crippen molar-refractivity contribution < 1.29 is 14.3 Å². The Morgan fingerprint density at radius 1 is 0.818 bits per heavy atom. The Hall–Kier alpha value is -2.96. The molecule has 0 saturated carbocycles. The molecule has 1 aliphatic heterocycles. The number of hydrogen-bond donors (Lipinski definition) is 0. The van der Waals surface area contributed by atoms with Crippen LogP contribution >= 0.6 is 6.89 Å². The Labute approximate surface area is 195 Å². The fourth-order valence-electron chi connectivity index (χ4n) is 4.36. The van der Waals surface area contributed by atoms with Crippen LogP contribution in [0.2, 0.25) is 0 Å². The lowest BCUT2D eigenvalue weighted by Crippen LogP contribution is -2.33. The normalized spacial score (nSPS) is 14.4. The molecule has 3 aromatic carbocycles. The van der Waals surface area contributed by atoms with Crippen molar-refractivity contribution in [2.24, 2.45) is 0 Å². The second-order valence-corrected chi connectivity index (χ2v) is 11.3. The van der Waals surface area contributed by atoms with E-state index in [1.54, 1.807) is 0 Å². The monoisotopic (exact) mass is 457 g/mol. The van der Waals surface area contributed by atoms with Gasteiger partial charge in [-0.25, -0.2) is 0 Å². The maximum absolute atomic E-state index is 13.7. The van der Waals surface area contributed by atoms with Gasteiger partial charge in [-0.1, -0.05) is 91.0 Å². The predicted octanol–water partition coefficient (Wildman–Crippen LogP) is 4.18. The van der Waals surface area contributed by atoms with Gasteiger partial charge < -0.3 is 9.47 Å². The third-order valence-electron chi connectivity index (χ3n) is 5.88. The van der Waals surface area contributed by atoms with Crippen LogP contribution < -0.4 is 15.9 Å². The molecule has 33 heavy (non-hydrogen) atoms. The number of Topliss-reactive ketones (excluding diaryl/α,β-unsaturated/α-hetero) is 1. The van der Waals surface area contributed by atoms with Crippen molar-refractivity contribution in [3.05, 3.63) is 91.0 Å². The maximum Gasteiger partial charge on any atom is 0.174 e. The molecule has 168 valence electrons. The Kier molecular flexibility index (Phi) is 7.92. The first-order valence-electron chi connectivity index (χ1n) is 11.4. The standard InChI is InChI=1S/C28H28NO3P/c29-22-27(26(30)18-10-19-28-31-20-11-21-32-28)33(23-12-4-1-5-13-23,24-14-6-2-7-15-24)25-16-8-3-9-17-25/h1-9,12-17,28H,10-11,18-21H2. The smallest absolute Gasteiger partial charge is 0.174 e. The summed E-state index contributed by atoms with van der Waals surface area (Å²) in [5.74, 6) is -0.0989. The zero-order valence-corrected chi connectivity index (χ0v) is 19.5. The summed E-state index contributed by atoms with van der Waals surface area (Å²) in [5.41, 5.74) is 0. The summed E-state index contributed by atoms with van der Waals surface area (Å²) in [5, 5.41) is 13.8. The molecule has 1 aliphatic rings. The number of ketones is 1. The summed E-state index contributed by atoms with van der Waals surface area (Å²) < 4.78 is 11.2. The molecule has 1 saturated heterocycles. The largest absolute Gasteiger partial charge is 0.353 e. The molecule has 0 N–H and O–H groups in total. The van der Waals surface area contributed by atoms with Gasteiger partial charge in [0.05, 0.1) is 13.2 Å². The van der Waals surface area contributed by atoms with E-state index in [0.29, 0.717) is 37.8 Å². The van der Waals surface area contributed by atoms with Gasteiger partial charge in [-0.3, -0.25) is 4.79 Å². The van der Waals surface area contributed by atoms with Gasteiger partial charge in [-0.15, -0.1) is 0 Å². The molecular weight excluding hydrogens is 429 g/mol. The predicted molar refractivity (Wildman–Crippen MR) is 135 cm³/mol. The summed E-state index contributed by atoms with van der Waals surface area (Å²) in [7, 11) is 0. The van der Waals surface area contributed by atoms with Gasteiger partial charge in [0.15, 0.2) is 12.1 Å². The molecule has 1 fully saturated rings. The molecule has 0 unspecified atom stereocenters. The molecule has 1 heterocycles. The molecule has 0 aromatic heterocycles. The Balaban J connectivity index is 1.84. The minimum atomic E-state index is -2.65. The van der Waals surface area contributed by atoms with E-state index in [0.717, 1.165) is 22.3 Å². The van der Waals surface area contributed by atoms with E-state index >= 15 is 0 Å². The Bertz CT molecular complexity index is 1040. The van der Waals surface area contributed by atoms with Crippen molar-refractivity contribution in [3.8, 4) is 6.07 Å². The first kappa shape index (κ1) is 23.2. The highest BCUT2D eigenvalue weighted by molar-refractivity contribution is 7.96. The molecule has 3 aromatic rings.